The molecule has 2 aliphatic heterocycles. The van der Waals surface area contributed by atoms with Crippen LogP contribution in [0.15, 0.2) is 42.5 Å². The Kier molecular flexibility index (Phi) is 4.91. The Balaban J connectivity index is 1.56. The molecule has 4 rings (SSSR count). The van der Waals surface area contributed by atoms with E-state index in [1.807, 2.05) is 6.92 Å². The van der Waals surface area contributed by atoms with Crippen molar-refractivity contribution in [1.82, 2.24) is 15.5 Å². The van der Waals surface area contributed by atoms with Crippen LogP contribution in [0, 0.1) is 6.92 Å². The van der Waals surface area contributed by atoms with Gasteiger partial charge in [0.2, 0.25) is 11.8 Å². The molecule has 8 heteroatoms. The summed E-state index contributed by atoms with van der Waals surface area (Å²) < 4.78 is 0. The summed E-state index contributed by atoms with van der Waals surface area (Å²) in [7, 11) is 0. The summed E-state index contributed by atoms with van der Waals surface area (Å²) in [5.74, 6) is -2.60. The number of carbonyl (C=O) groups is 5. The number of benzene rings is 2. The van der Waals surface area contributed by atoms with Gasteiger partial charge in [-0.3, -0.25) is 34.6 Å². The second kappa shape index (κ2) is 7.55. The number of hydrogen-bond donors (Lipinski definition) is 2. The molecule has 1 saturated heterocycles. The Hall–Kier alpha value is -3.81. The number of imide groups is 2. The summed E-state index contributed by atoms with van der Waals surface area (Å²) in [6.45, 7) is 2.05. The fraction of sp³-hybridized carbons (Fsp3) is 0.227. The summed E-state index contributed by atoms with van der Waals surface area (Å²) >= 11 is 0. The van der Waals surface area contributed by atoms with E-state index < -0.39 is 29.7 Å². The van der Waals surface area contributed by atoms with E-state index in [1.165, 1.54) is 11.0 Å². The monoisotopic (exact) mass is 405 g/mol. The van der Waals surface area contributed by atoms with Crippen molar-refractivity contribution in [1.29, 1.82) is 0 Å². The van der Waals surface area contributed by atoms with Crippen LogP contribution in [0.5, 0.6) is 0 Å². The Bertz CT molecular complexity index is 1090. The van der Waals surface area contributed by atoms with E-state index in [0.717, 1.165) is 5.56 Å². The first kappa shape index (κ1) is 19.5. The van der Waals surface area contributed by atoms with Gasteiger partial charge in [0.15, 0.2) is 0 Å². The minimum Gasteiger partial charge on any atom is -0.322 e. The third kappa shape index (κ3) is 3.47. The van der Waals surface area contributed by atoms with Crippen LogP contribution in [0.25, 0.3) is 0 Å². The standard InChI is InChI=1S/C22H19N3O5/c1-12-5-7-13(8-6-12)19(27)24-20(28)15-4-2-3-14-11-25(22(30)18(14)15)16-9-10-17(26)23-21(16)29/h2-8,16H,9-11H2,1H3,(H,23,26,29)(H,24,27,28). The van der Waals surface area contributed by atoms with E-state index in [0.29, 0.717) is 11.1 Å². The van der Waals surface area contributed by atoms with Gasteiger partial charge in [-0.1, -0.05) is 29.8 Å². The molecule has 2 aromatic rings. The SMILES string of the molecule is Cc1ccc(C(=O)NC(=O)c2cccc3c2C(=O)N(C2CCC(=O)NC2=O)C3)cc1. The lowest BCUT2D eigenvalue weighted by Gasteiger charge is -2.29. The van der Waals surface area contributed by atoms with Gasteiger partial charge in [-0.25, -0.2) is 0 Å². The van der Waals surface area contributed by atoms with Crippen molar-refractivity contribution < 1.29 is 24.0 Å². The second-order valence-corrected chi connectivity index (χ2v) is 7.39. The van der Waals surface area contributed by atoms with Crippen LogP contribution in [0.4, 0.5) is 0 Å². The van der Waals surface area contributed by atoms with E-state index >= 15 is 0 Å². The van der Waals surface area contributed by atoms with E-state index in [1.54, 1.807) is 36.4 Å². The fourth-order valence-electron chi connectivity index (χ4n) is 3.75. The summed E-state index contributed by atoms with van der Waals surface area (Å²) in [6, 6.07) is 10.8. The summed E-state index contributed by atoms with van der Waals surface area (Å²) in [5, 5.41) is 4.56. The average molecular weight is 405 g/mol. The Morgan fingerprint density at radius 3 is 2.47 bits per heavy atom. The molecule has 1 fully saturated rings. The maximum absolute atomic E-state index is 13.0. The zero-order valence-electron chi connectivity index (χ0n) is 16.2. The molecule has 1 unspecified atom stereocenters. The van der Waals surface area contributed by atoms with Crippen molar-refractivity contribution >= 4 is 29.5 Å². The zero-order valence-corrected chi connectivity index (χ0v) is 16.2. The predicted molar refractivity (Wildman–Crippen MR) is 105 cm³/mol. The maximum atomic E-state index is 13.0. The van der Waals surface area contributed by atoms with Gasteiger partial charge in [-0.2, -0.15) is 0 Å². The lowest BCUT2D eigenvalue weighted by atomic mass is 10.0. The average Bonchev–Trinajstić information content (AvgIpc) is 3.05. The van der Waals surface area contributed by atoms with E-state index in [9.17, 15) is 24.0 Å². The summed E-state index contributed by atoms with van der Waals surface area (Å²) in [5.41, 5.74) is 2.17. The van der Waals surface area contributed by atoms with E-state index in [2.05, 4.69) is 10.6 Å². The molecule has 0 aliphatic carbocycles. The Labute approximate surface area is 172 Å². The highest BCUT2D eigenvalue weighted by molar-refractivity contribution is 6.16. The first-order chi connectivity index (χ1) is 14.3. The topological polar surface area (TPSA) is 113 Å². The summed E-state index contributed by atoms with van der Waals surface area (Å²) in [4.78, 5) is 63.1. The molecule has 2 aromatic carbocycles. The van der Waals surface area contributed by atoms with Gasteiger partial charge in [0.25, 0.3) is 17.7 Å². The van der Waals surface area contributed by atoms with Crippen LogP contribution in [0.1, 0.15) is 55.0 Å². The molecule has 2 N–H and O–H groups in total. The number of amides is 5. The van der Waals surface area contributed by atoms with Gasteiger partial charge in [-0.05, 0) is 37.1 Å². The van der Waals surface area contributed by atoms with Gasteiger partial charge in [0.05, 0.1) is 11.1 Å². The van der Waals surface area contributed by atoms with Gasteiger partial charge in [-0.15, -0.1) is 0 Å². The van der Waals surface area contributed by atoms with Crippen molar-refractivity contribution in [3.63, 3.8) is 0 Å². The molecule has 0 aromatic heterocycles. The minimum atomic E-state index is -0.771. The number of piperidine rings is 1. The lowest BCUT2D eigenvalue weighted by molar-refractivity contribution is -0.136. The molecular formula is C22H19N3O5. The first-order valence-corrected chi connectivity index (χ1v) is 9.54. The smallest absolute Gasteiger partial charge is 0.258 e. The van der Waals surface area contributed by atoms with Gasteiger partial charge in [0, 0.05) is 18.5 Å². The molecule has 8 nitrogen and oxygen atoms in total. The first-order valence-electron chi connectivity index (χ1n) is 9.54. The quantitative estimate of drug-likeness (QED) is 0.748. The number of nitrogens with zero attached hydrogens (tertiary/aromatic N) is 1. The van der Waals surface area contributed by atoms with Crippen molar-refractivity contribution in [3.05, 3.63) is 70.3 Å². The van der Waals surface area contributed by atoms with Crippen LogP contribution >= 0.6 is 0 Å². The highest BCUT2D eigenvalue weighted by Gasteiger charge is 2.40. The minimum absolute atomic E-state index is 0.0766. The van der Waals surface area contributed by atoms with Gasteiger partial charge < -0.3 is 4.90 Å². The number of hydrogen-bond acceptors (Lipinski definition) is 5. The molecule has 2 heterocycles. The molecule has 1 atom stereocenters. The molecular weight excluding hydrogens is 386 g/mol. The predicted octanol–water partition coefficient (Wildman–Crippen LogP) is 1.33. The Morgan fingerprint density at radius 1 is 1.03 bits per heavy atom. The highest BCUT2D eigenvalue weighted by Crippen LogP contribution is 2.29. The largest absolute Gasteiger partial charge is 0.322 e. The van der Waals surface area contributed by atoms with Crippen LogP contribution in [0.3, 0.4) is 0 Å². The molecule has 152 valence electrons. The summed E-state index contributed by atoms with van der Waals surface area (Å²) in [6.07, 6.45) is 0.382. The number of fused-ring (bicyclic) bond motifs is 1. The third-order valence-corrected chi connectivity index (χ3v) is 5.34. The highest BCUT2D eigenvalue weighted by atomic mass is 16.2. The van der Waals surface area contributed by atoms with E-state index in [4.69, 9.17) is 0 Å². The second-order valence-electron chi connectivity index (χ2n) is 7.39. The molecule has 0 radical (unpaired) electrons. The lowest BCUT2D eigenvalue weighted by Crippen LogP contribution is -2.52. The number of aryl methyl sites for hydroxylation is 1. The van der Waals surface area contributed by atoms with E-state index in [-0.39, 0.29) is 36.4 Å². The molecule has 5 amide bonds. The van der Waals surface area contributed by atoms with Crippen LogP contribution in [0.2, 0.25) is 0 Å². The normalized spacial score (nSPS) is 18.1. The number of nitrogens with one attached hydrogen (secondary N) is 2. The molecule has 0 spiro atoms. The third-order valence-electron chi connectivity index (χ3n) is 5.34. The molecule has 30 heavy (non-hydrogen) atoms. The number of rotatable bonds is 3. The number of carbonyl (C=O) groups excluding carboxylic acids is 5. The Morgan fingerprint density at radius 2 is 1.77 bits per heavy atom. The molecule has 0 bridgehead atoms. The van der Waals surface area contributed by atoms with Gasteiger partial charge >= 0.3 is 0 Å². The van der Waals surface area contributed by atoms with Crippen molar-refractivity contribution in [3.8, 4) is 0 Å². The maximum Gasteiger partial charge on any atom is 0.258 e. The van der Waals surface area contributed by atoms with Gasteiger partial charge in [0.1, 0.15) is 6.04 Å². The molecule has 2 aliphatic rings. The fourth-order valence-corrected chi connectivity index (χ4v) is 3.75. The zero-order chi connectivity index (χ0) is 21.4. The van der Waals surface area contributed by atoms with Crippen molar-refractivity contribution in [2.75, 3.05) is 0 Å². The molecule has 0 saturated carbocycles. The van der Waals surface area contributed by atoms with Crippen LogP contribution in [-0.2, 0) is 16.1 Å². The van der Waals surface area contributed by atoms with Crippen LogP contribution < -0.4 is 10.6 Å². The van der Waals surface area contributed by atoms with Crippen molar-refractivity contribution in [2.45, 2.75) is 32.4 Å². The van der Waals surface area contributed by atoms with Crippen molar-refractivity contribution in [2.24, 2.45) is 0 Å². The van der Waals surface area contributed by atoms with Crippen LogP contribution in [-0.4, -0.2) is 40.5 Å².